The van der Waals surface area contributed by atoms with Crippen LogP contribution in [-0.2, 0) is 23.8 Å². The zero-order chi connectivity index (χ0) is 20.0. The summed E-state index contributed by atoms with van der Waals surface area (Å²) < 4.78 is 34.5. The molecule has 1 N–H and O–H groups in total. The maximum absolute atomic E-state index is 12.3. The van der Waals surface area contributed by atoms with E-state index in [1.165, 1.54) is 12.1 Å². The van der Waals surface area contributed by atoms with E-state index in [0.29, 0.717) is 0 Å². The van der Waals surface area contributed by atoms with Crippen LogP contribution >= 0.6 is 7.77 Å². The summed E-state index contributed by atoms with van der Waals surface area (Å²) in [6, 6.07) is 6.02. The molecule has 0 fully saturated rings. The van der Waals surface area contributed by atoms with Gasteiger partial charge in [-0.1, -0.05) is 31.5 Å². The monoisotopic (exact) mass is 404 g/mol. The molecule has 0 aliphatic heterocycles. The quantitative estimate of drug-likeness (QED) is 0.469. The highest BCUT2D eigenvalue weighted by Crippen LogP contribution is 2.26. The second-order valence-corrected chi connectivity index (χ2v) is 9.25. The number of aliphatic carboxylic acids is 1. The molecular weight excluding hydrogens is 379 g/mol. The van der Waals surface area contributed by atoms with Crippen molar-refractivity contribution in [2.75, 3.05) is 13.0 Å². The van der Waals surface area contributed by atoms with Crippen LogP contribution in [0.4, 0.5) is 0 Å². The van der Waals surface area contributed by atoms with Gasteiger partial charge in [0.2, 0.25) is 11.9 Å². The van der Waals surface area contributed by atoms with Gasteiger partial charge in [0.25, 0.3) is 0 Å². The predicted octanol–water partition coefficient (Wildman–Crippen LogP) is 2.12. The molecule has 0 heterocycles. The number of hydrogen-bond acceptors (Lipinski definition) is 6. The van der Waals surface area contributed by atoms with Gasteiger partial charge in [0.05, 0.1) is 12.7 Å². The van der Waals surface area contributed by atoms with E-state index >= 15 is 0 Å². The summed E-state index contributed by atoms with van der Waals surface area (Å²) in [5.74, 6) is -0.258. The van der Waals surface area contributed by atoms with E-state index in [1.54, 1.807) is 19.1 Å². The Balaban J connectivity index is 2.99. The second kappa shape index (κ2) is 9.58. The van der Waals surface area contributed by atoms with Crippen LogP contribution in [-0.4, -0.2) is 43.8 Å². The van der Waals surface area contributed by atoms with Crippen molar-refractivity contribution in [3.63, 3.8) is 0 Å². The Bertz CT molecular complexity index is 741. The lowest BCUT2D eigenvalue weighted by Gasteiger charge is -2.26. The van der Waals surface area contributed by atoms with Gasteiger partial charge in [0.15, 0.2) is 0 Å². The first-order valence-corrected chi connectivity index (χ1v) is 11.1. The first-order valence-electron chi connectivity index (χ1n) is 8.15. The highest BCUT2D eigenvalue weighted by Gasteiger charge is 2.41. The van der Waals surface area contributed by atoms with Gasteiger partial charge < -0.3 is 14.7 Å². The minimum Gasteiger partial charge on any atom is -0.629 e. The van der Waals surface area contributed by atoms with Crippen molar-refractivity contribution in [2.45, 2.75) is 44.6 Å². The molecule has 9 heteroatoms. The Labute approximate surface area is 155 Å². The molecule has 0 aromatic heterocycles. The normalized spacial score (nSPS) is 15.1. The van der Waals surface area contributed by atoms with Gasteiger partial charge in [-0.25, -0.2) is 8.98 Å². The Morgan fingerprint density at radius 3 is 2.38 bits per heavy atom. The molecule has 0 saturated carbocycles. The molecule has 0 spiro atoms. The largest absolute Gasteiger partial charge is 0.629 e. The Morgan fingerprint density at radius 2 is 1.92 bits per heavy atom. The number of carboxylic acid groups (broad SMARTS) is 1. The lowest BCUT2D eigenvalue weighted by molar-refractivity contribution is -0.161. The third-order valence-corrected chi connectivity index (χ3v) is 6.01. The Morgan fingerprint density at radius 1 is 1.35 bits per heavy atom. The Hall–Kier alpha value is -1.31. The molecule has 0 radical (unpaired) electrons. The number of carbonyl (C=O) groups is 1. The molecule has 0 aliphatic carbocycles. The van der Waals surface area contributed by atoms with Crippen molar-refractivity contribution < 1.29 is 32.1 Å². The van der Waals surface area contributed by atoms with Gasteiger partial charge in [0.1, 0.15) is 5.80 Å². The van der Waals surface area contributed by atoms with Crippen molar-refractivity contribution in [3.8, 4) is 0 Å². The van der Waals surface area contributed by atoms with Crippen LogP contribution in [0, 0.1) is 12.8 Å². The van der Waals surface area contributed by atoms with Gasteiger partial charge in [0, 0.05) is 6.61 Å². The third kappa shape index (κ3) is 6.45. The van der Waals surface area contributed by atoms with E-state index in [1.807, 2.05) is 20.8 Å². The number of carboxylic acids is 1. The molecular formula is C17H25O7PS. The highest BCUT2D eigenvalue weighted by molar-refractivity contribution is 7.87. The summed E-state index contributed by atoms with van der Waals surface area (Å²) in [5, 5.41) is 9.54. The van der Waals surface area contributed by atoms with Crippen LogP contribution in [0.25, 0.3) is 0 Å². The van der Waals surface area contributed by atoms with Crippen molar-refractivity contribution >= 4 is 29.7 Å². The molecule has 1 rings (SSSR count). The fourth-order valence-corrected chi connectivity index (χ4v) is 4.79. The molecule has 0 bridgehead atoms. The first kappa shape index (κ1) is 22.7. The molecule has 0 saturated heterocycles. The van der Waals surface area contributed by atoms with E-state index in [-0.39, 0.29) is 23.8 Å². The zero-order valence-corrected chi connectivity index (χ0v) is 17.0. The second-order valence-electron chi connectivity index (χ2n) is 6.29. The maximum atomic E-state index is 12.3. The van der Waals surface area contributed by atoms with Crippen molar-refractivity contribution in [1.29, 1.82) is 0 Å². The number of hydrogen-bond donors (Lipinski definition) is 1. The van der Waals surface area contributed by atoms with Gasteiger partial charge in [-0.15, -0.1) is 0 Å². The van der Waals surface area contributed by atoms with Crippen LogP contribution in [0.3, 0.4) is 0 Å². The average molecular weight is 404 g/mol. The molecule has 0 amide bonds. The average Bonchev–Trinajstić information content (AvgIpc) is 2.53. The molecule has 1 aromatic rings. The van der Waals surface area contributed by atoms with E-state index in [2.05, 4.69) is 0 Å². The topological polar surface area (TPSA) is 113 Å². The van der Waals surface area contributed by atoms with Gasteiger partial charge in [-0.3, -0.25) is 0 Å². The molecule has 1 aromatic carbocycles. The number of rotatable bonds is 10. The summed E-state index contributed by atoms with van der Waals surface area (Å²) in [6.45, 7) is 7.20. The maximum Gasteiger partial charge on any atom is 0.344 e. The smallest absolute Gasteiger partial charge is 0.344 e. The number of aryl methyl sites for hydroxylation is 1. The Kier molecular flexibility index (Phi) is 8.37. The van der Waals surface area contributed by atoms with Crippen LogP contribution in [0.5, 0.6) is 0 Å². The van der Waals surface area contributed by atoms with Crippen LogP contribution in [0.2, 0.25) is 0 Å². The number of benzene rings is 1. The predicted molar refractivity (Wildman–Crippen MR) is 98.7 cm³/mol. The highest BCUT2D eigenvalue weighted by atomic mass is 32.2. The molecule has 0 aliphatic rings. The molecule has 146 valence electrons. The fraction of sp³-hybridized carbons (Fsp3) is 0.529. The summed E-state index contributed by atoms with van der Waals surface area (Å²) in [6.07, 6.45) is -0.534. The summed E-state index contributed by atoms with van der Waals surface area (Å²) in [5.41, 5.74) is -0.854. The van der Waals surface area contributed by atoms with Gasteiger partial charge >= 0.3 is 16.1 Å². The summed E-state index contributed by atoms with van der Waals surface area (Å²) in [7, 11) is -6.46. The molecule has 26 heavy (non-hydrogen) atoms. The van der Waals surface area contributed by atoms with Crippen LogP contribution in [0.1, 0.15) is 32.8 Å². The summed E-state index contributed by atoms with van der Waals surface area (Å²) in [4.78, 5) is 24.0. The van der Waals surface area contributed by atoms with Crippen molar-refractivity contribution in [3.05, 3.63) is 29.8 Å². The fourth-order valence-electron chi connectivity index (χ4n) is 2.38. The van der Waals surface area contributed by atoms with E-state index in [0.717, 1.165) is 11.4 Å². The minimum absolute atomic E-state index is 0.0329. The van der Waals surface area contributed by atoms with E-state index in [4.69, 9.17) is 8.92 Å². The van der Waals surface area contributed by atoms with E-state index < -0.39 is 35.8 Å². The SMILES string of the molecule is CCOC(C=[P+]([O-])COS(=O)(=O)c1ccc(C)cc1)(CC(C)C)C(=O)O. The number of ether oxygens (including phenoxy) is 1. The van der Waals surface area contributed by atoms with Crippen molar-refractivity contribution in [2.24, 2.45) is 5.92 Å². The lowest BCUT2D eigenvalue weighted by Crippen LogP contribution is -2.45. The molecule has 2 atom stereocenters. The zero-order valence-electron chi connectivity index (χ0n) is 15.3. The van der Waals surface area contributed by atoms with Crippen LogP contribution < -0.4 is 4.89 Å². The molecule has 7 nitrogen and oxygen atoms in total. The first-order chi connectivity index (χ1) is 12.0. The van der Waals surface area contributed by atoms with Crippen LogP contribution in [0.15, 0.2) is 29.2 Å². The van der Waals surface area contributed by atoms with Gasteiger partial charge in [-0.2, -0.15) is 8.42 Å². The lowest BCUT2D eigenvalue weighted by atomic mass is 9.94. The molecule has 2 unspecified atom stereocenters. The van der Waals surface area contributed by atoms with Gasteiger partial charge in [-0.05, 0) is 38.3 Å². The minimum atomic E-state index is -4.08. The standard InChI is InChI=1S/C17H25O7PS/c1-5-23-17(16(18)19,10-13(2)3)11-25(20)12-24-26(21,22)15-8-6-14(4)7-9-15/h6-9,11,13H,5,10,12H2,1-4H3,(H,18,19). The summed E-state index contributed by atoms with van der Waals surface area (Å²) >= 11 is 0. The van der Waals surface area contributed by atoms with E-state index in [9.17, 15) is 23.2 Å². The third-order valence-electron chi connectivity index (χ3n) is 3.47. The van der Waals surface area contributed by atoms with Crippen molar-refractivity contribution in [1.82, 2.24) is 0 Å².